The van der Waals surface area contributed by atoms with Crippen LogP contribution >= 0.6 is 0 Å². The number of hydrogen-bond acceptors (Lipinski definition) is 5. The first kappa shape index (κ1) is 25.7. The van der Waals surface area contributed by atoms with Crippen LogP contribution in [-0.4, -0.2) is 38.1 Å². The summed E-state index contributed by atoms with van der Waals surface area (Å²) in [7, 11) is 0. The summed E-state index contributed by atoms with van der Waals surface area (Å²) < 4.78 is 16.6. The zero-order valence-electron chi connectivity index (χ0n) is 21.1. The number of amides is 2. The van der Waals surface area contributed by atoms with Gasteiger partial charge in [-0.3, -0.25) is 19.3 Å². The quantitative estimate of drug-likeness (QED) is 0.377. The third kappa shape index (κ3) is 5.72. The first-order valence-electron chi connectivity index (χ1n) is 11.8. The topological polar surface area (TPSA) is 97.2 Å². The van der Waals surface area contributed by atoms with Crippen LogP contribution in [0.1, 0.15) is 49.7 Å². The Morgan fingerprint density at radius 1 is 0.973 bits per heavy atom. The van der Waals surface area contributed by atoms with Crippen LogP contribution in [0.5, 0.6) is 0 Å². The molecular weight excluding hydrogens is 473 g/mol. The Labute approximate surface area is 214 Å². The van der Waals surface area contributed by atoms with Crippen molar-refractivity contribution in [2.24, 2.45) is 0 Å². The molecule has 0 fully saturated rings. The molecule has 0 saturated heterocycles. The number of aromatic nitrogens is 3. The molecule has 0 aliphatic carbocycles. The van der Waals surface area contributed by atoms with Gasteiger partial charge in [0.05, 0.1) is 5.52 Å². The minimum absolute atomic E-state index is 0.0386. The summed E-state index contributed by atoms with van der Waals surface area (Å²) >= 11 is 0. The summed E-state index contributed by atoms with van der Waals surface area (Å²) in [5, 5.41) is 11.1. The summed E-state index contributed by atoms with van der Waals surface area (Å²) in [6, 6.07) is 18.0. The van der Waals surface area contributed by atoms with Gasteiger partial charge in [0, 0.05) is 22.4 Å². The van der Waals surface area contributed by atoms with E-state index in [-0.39, 0.29) is 17.9 Å². The van der Waals surface area contributed by atoms with Gasteiger partial charge in [-0.15, -0.1) is 5.10 Å². The van der Waals surface area contributed by atoms with E-state index in [2.05, 4.69) is 15.6 Å². The zero-order valence-corrected chi connectivity index (χ0v) is 21.1. The zero-order chi connectivity index (χ0) is 26.7. The van der Waals surface area contributed by atoms with Gasteiger partial charge in [-0.05, 0) is 70.2 Å². The number of nitrogens with zero attached hydrogens (tertiary/aromatic N) is 4. The lowest BCUT2D eigenvalue weighted by molar-refractivity contribution is -0.128. The largest absolute Gasteiger partial charge is 0.349 e. The molecule has 4 aromatic rings. The molecule has 9 heteroatoms. The molecule has 1 heterocycles. The first-order chi connectivity index (χ1) is 17.5. The molecule has 1 N–H and O–H groups in total. The summed E-state index contributed by atoms with van der Waals surface area (Å²) in [6.07, 6.45) is 0. The lowest BCUT2D eigenvalue weighted by atomic mass is 9.99. The fourth-order valence-corrected chi connectivity index (χ4v) is 4.06. The third-order valence-electron chi connectivity index (χ3n) is 5.73. The van der Waals surface area contributed by atoms with E-state index >= 15 is 4.39 Å². The van der Waals surface area contributed by atoms with Gasteiger partial charge in [-0.1, -0.05) is 35.5 Å². The van der Waals surface area contributed by atoms with Crippen LogP contribution in [0.25, 0.3) is 11.0 Å². The monoisotopic (exact) mass is 501 g/mol. The van der Waals surface area contributed by atoms with E-state index in [9.17, 15) is 14.4 Å². The van der Waals surface area contributed by atoms with Crippen LogP contribution in [0.3, 0.4) is 0 Å². The van der Waals surface area contributed by atoms with E-state index in [1.807, 2.05) is 12.1 Å². The molecule has 4 rings (SSSR count). The van der Waals surface area contributed by atoms with Crippen molar-refractivity contribution in [3.8, 4) is 0 Å². The molecule has 0 aliphatic heterocycles. The van der Waals surface area contributed by atoms with Gasteiger partial charge in [0.15, 0.2) is 5.78 Å². The standard InChI is InChI=1S/C28H28FN5O3/c1-18(35)19-13-15-20(16-14-19)34(25(36)17-33-24-12-8-7-11-23(24)31-32-33)26(27(37)30-28(2,3)4)21-9-5-6-10-22(21)29/h5-16,26H,17H2,1-4H3,(H,30,37)/t26-/m1/s1. The lowest BCUT2D eigenvalue weighted by Gasteiger charge is -2.34. The van der Waals surface area contributed by atoms with Crippen molar-refractivity contribution >= 4 is 34.3 Å². The number of para-hydroxylation sites is 1. The number of carbonyl (C=O) groups is 3. The summed E-state index contributed by atoms with van der Waals surface area (Å²) in [4.78, 5) is 40.7. The van der Waals surface area contributed by atoms with E-state index < -0.39 is 29.2 Å². The molecule has 37 heavy (non-hydrogen) atoms. The van der Waals surface area contributed by atoms with Crippen LogP contribution in [0.15, 0.2) is 72.8 Å². The molecule has 0 aliphatic rings. The fourth-order valence-electron chi connectivity index (χ4n) is 4.06. The Balaban J connectivity index is 1.85. The van der Waals surface area contributed by atoms with E-state index in [4.69, 9.17) is 0 Å². The SMILES string of the molecule is CC(=O)c1ccc(N(C(=O)Cn2nnc3ccccc32)[C@@H](C(=O)NC(C)(C)C)c2ccccc2F)cc1. The molecule has 0 unspecified atom stereocenters. The highest BCUT2D eigenvalue weighted by Crippen LogP contribution is 2.31. The van der Waals surface area contributed by atoms with Crippen molar-refractivity contribution in [2.75, 3.05) is 4.90 Å². The van der Waals surface area contributed by atoms with E-state index in [0.717, 1.165) is 0 Å². The maximum absolute atomic E-state index is 15.1. The fraction of sp³-hybridized carbons (Fsp3) is 0.250. The highest BCUT2D eigenvalue weighted by atomic mass is 19.1. The van der Waals surface area contributed by atoms with E-state index in [1.54, 1.807) is 63.2 Å². The summed E-state index contributed by atoms with van der Waals surface area (Å²) in [5.74, 6) is -1.83. The molecule has 3 aromatic carbocycles. The number of hydrogen-bond donors (Lipinski definition) is 1. The van der Waals surface area contributed by atoms with Gasteiger partial charge >= 0.3 is 0 Å². The number of nitrogens with one attached hydrogen (secondary N) is 1. The average Bonchev–Trinajstić information content (AvgIpc) is 3.24. The molecule has 2 amide bonds. The predicted molar refractivity (Wildman–Crippen MR) is 138 cm³/mol. The van der Waals surface area contributed by atoms with E-state index in [1.165, 1.54) is 34.7 Å². The van der Waals surface area contributed by atoms with Gasteiger partial charge in [0.25, 0.3) is 0 Å². The van der Waals surface area contributed by atoms with Crippen molar-refractivity contribution in [2.45, 2.75) is 45.8 Å². The molecular formula is C28H28FN5O3. The Kier molecular flexibility index (Phi) is 7.15. The van der Waals surface area contributed by atoms with Crippen molar-refractivity contribution < 1.29 is 18.8 Å². The van der Waals surface area contributed by atoms with Crippen molar-refractivity contribution in [3.63, 3.8) is 0 Å². The number of benzene rings is 3. The molecule has 0 saturated carbocycles. The maximum Gasteiger partial charge on any atom is 0.249 e. The van der Waals surface area contributed by atoms with Gasteiger partial charge < -0.3 is 5.32 Å². The minimum Gasteiger partial charge on any atom is -0.349 e. The minimum atomic E-state index is -1.33. The van der Waals surface area contributed by atoms with Gasteiger partial charge in [-0.25, -0.2) is 9.07 Å². The number of fused-ring (bicyclic) bond motifs is 1. The second-order valence-corrected chi connectivity index (χ2v) is 9.77. The number of ketones is 1. The third-order valence-corrected chi connectivity index (χ3v) is 5.73. The maximum atomic E-state index is 15.1. The molecule has 190 valence electrons. The molecule has 0 spiro atoms. The molecule has 1 aromatic heterocycles. The Morgan fingerprint density at radius 3 is 2.27 bits per heavy atom. The Morgan fingerprint density at radius 2 is 1.62 bits per heavy atom. The number of Topliss-reactive ketones (excluding diaryl/α,β-unsaturated/α-hetero) is 1. The molecule has 8 nitrogen and oxygen atoms in total. The van der Waals surface area contributed by atoms with Gasteiger partial charge in [0.1, 0.15) is 23.9 Å². The Bertz CT molecular complexity index is 1460. The molecule has 1 atom stereocenters. The highest BCUT2D eigenvalue weighted by Gasteiger charge is 2.36. The van der Waals surface area contributed by atoms with Gasteiger partial charge in [-0.2, -0.15) is 0 Å². The number of carbonyl (C=O) groups excluding carboxylic acids is 3. The predicted octanol–water partition coefficient (Wildman–Crippen LogP) is 4.46. The van der Waals surface area contributed by atoms with Crippen LogP contribution in [-0.2, 0) is 16.1 Å². The average molecular weight is 502 g/mol. The molecule has 0 radical (unpaired) electrons. The van der Waals surface area contributed by atoms with Crippen LogP contribution < -0.4 is 10.2 Å². The lowest BCUT2D eigenvalue weighted by Crippen LogP contribution is -2.50. The summed E-state index contributed by atoms with van der Waals surface area (Å²) in [6.45, 7) is 6.60. The number of halogens is 1. The van der Waals surface area contributed by atoms with Crippen molar-refractivity contribution in [1.82, 2.24) is 20.3 Å². The van der Waals surface area contributed by atoms with E-state index in [0.29, 0.717) is 22.3 Å². The first-order valence-corrected chi connectivity index (χ1v) is 11.8. The highest BCUT2D eigenvalue weighted by molar-refractivity contribution is 6.02. The van der Waals surface area contributed by atoms with Crippen molar-refractivity contribution in [3.05, 3.63) is 89.7 Å². The number of anilines is 1. The normalized spacial score (nSPS) is 12.2. The second-order valence-electron chi connectivity index (χ2n) is 9.77. The Hall–Kier alpha value is -4.40. The summed E-state index contributed by atoms with van der Waals surface area (Å²) in [5.41, 5.74) is 1.43. The van der Waals surface area contributed by atoms with Crippen LogP contribution in [0.2, 0.25) is 0 Å². The van der Waals surface area contributed by atoms with Crippen molar-refractivity contribution in [1.29, 1.82) is 0 Å². The second kappa shape index (κ2) is 10.3. The van der Waals surface area contributed by atoms with Crippen LogP contribution in [0, 0.1) is 5.82 Å². The molecule has 0 bridgehead atoms. The van der Waals surface area contributed by atoms with Gasteiger partial charge in [0.2, 0.25) is 11.8 Å². The smallest absolute Gasteiger partial charge is 0.249 e. The number of rotatable bonds is 7. The van der Waals surface area contributed by atoms with Crippen LogP contribution in [0.4, 0.5) is 10.1 Å².